The molecular formula is C19H31ClN2O2. The van der Waals surface area contributed by atoms with Gasteiger partial charge in [-0.2, -0.15) is 0 Å². The van der Waals surface area contributed by atoms with E-state index in [0.29, 0.717) is 18.0 Å². The average molecular weight is 355 g/mol. The van der Waals surface area contributed by atoms with Crippen molar-refractivity contribution in [2.75, 3.05) is 33.4 Å². The van der Waals surface area contributed by atoms with Gasteiger partial charge >= 0.3 is 0 Å². The van der Waals surface area contributed by atoms with Crippen LogP contribution in [-0.4, -0.2) is 45.5 Å². The Labute approximate surface area is 152 Å². The zero-order chi connectivity index (χ0) is 16.1. The van der Waals surface area contributed by atoms with Crippen LogP contribution in [0.25, 0.3) is 0 Å². The summed E-state index contributed by atoms with van der Waals surface area (Å²) in [5.74, 6) is 1.71. The van der Waals surface area contributed by atoms with E-state index in [-0.39, 0.29) is 12.4 Å². The summed E-state index contributed by atoms with van der Waals surface area (Å²) in [6.45, 7) is 5.87. The minimum atomic E-state index is 0. The highest BCUT2D eigenvalue weighted by molar-refractivity contribution is 5.85. The Morgan fingerprint density at radius 1 is 1.33 bits per heavy atom. The molecule has 0 amide bonds. The highest BCUT2D eigenvalue weighted by Gasteiger charge is 2.34. The third-order valence-electron chi connectivity index (χ3n) is 5.27. The molecule has 2 aliphatic rings. The Hall–Kier alpha value is -0.810. The molecule has 2 fully saturated rings. The molecule has 0 radical (unpaired) electrons. The van der Waals surface area contributed by atoms with Crippen molar-refractivity contribution in [1.82, 2.24) is 10.6 Å². The molecule has 1 saturated heterocycles. The number of aryl methyl sites for hydroxylation is 1. The Bertz CT molecular complexity index is 506. The molecule has 0 aromatic heterocycles. The van der Waals surface area contributed by atoms with Gasteiger partial charge in [-0.3, -0.25) is 0 Å². The fourth-order valence-electron chi connectivity index (χ4n) is 4.08. The zero-order valence-corrected chi connectivity index (χ0v) is 15.7. The summed E-state index contributed by atoms with van der Waals surface area (Å²) in [4.78, 5) is 0. The molecule has 0 bridgehead atoms. The molecule has 5 heteroatoms. The van der Waals surface area contributed by atoms with Crippen molar-refractivity contribution in [2.45, 2.75) is 44.7 Å². The molecule has 3 atom stereocenters. The van der Waals surface area contributed by atoms with E-state index >= 15 is 0 Å². The smallest absolute Gasteiger partial charge is 0.122 e. The quantitative estimate of drug-likeness (QED) is 0.824. The number of methoxy groups -OCH3 is 1. The lowest BCUT2D eigenvalue weighted by Crippen LogP contribution is -2.51. The minimum absolute atomic E-state index is 0. The first kappa shape index (κ1) is 19.5. The molecule has 4 nitrogen and oxygen atoms in total. The van der Waals surface area contributed by atoms with E-state index in [0.717, 1.165) is 38.5 Å². The molecule has 1 saturated carbocycles. The SMILES string of the molecule is COc1ccc(C)cc1CCNC1CCCC1C1COCCN1.Cl. The van der Waals surface area contributed by atoms with E-state index in [1.807, 2.05) is 0 Å². The lowest BCUT2D eigenvalue weighted by atomic mass is 9.94. The summed E-state index contributed by atoms with van der Waals surface area (Å²) in [6.07, 6.45) is 4.94. The van der Waals surface area contributed by atoms with Gasteiger partial charge in [-0.1, -0.05) is 24.1 Å². The molecular weight excluding hydrogens is 324 g/mol. The van der Waals surface area contributed by atoms with Crippen LogP contribution in [0.5, 0.6) is 5.75 Å². The zero-order valence-electron chi connectivity index (χ0n) is 14.8. The van der Waals surface area contributed by atoms with Crippen LogP contribution >= 0.6 is 12.4 Å². The predicted octanol–water partition coefficient (Wildman–Crippen LogP) is 2.71. The molecule has 3 unspecified atom stereocenters. The first-order valence-electron chi connectivity index (χ1n) is 8.96. The van der Waals surface area contributed by atoms with Crippen LogP contribution in [0, 0.1) is 12.8 Å². The van der Waals surface area contributed by atoms with Crippen LogP contribution in [0.1, 0.15) is 30.4 Å². The normalized spacial score (nSPS) is 26.8. The highest BCUT2D eigenvalue weighted by atomic mass is 35.5. The van der Waals surface area contributed by atoms with Crippen LogP contribution in [0.4, 0.5) is 0 Å². The summed E-state index contributed by atoms with van der Waals surface area (Å²) in [5, 5.41) is 7.44. The fourth-order valence-corrected chi connectivity index (χ4v) is 4.08. The molecule has 1 aromatic rings. The monoisotopic (exact) mass is 354 g/mol. The number of halogens is 1. The first-order chi connectivity index (χ1) is 11.3. The number of hydrogen-bond acceptors (Lipinski definition) is 4. The minimum Gasteiger partial charge on any atom is -0.496 e. The highest BCUT2D eigenvalue weighted by Crippen LogP contribution is 2.29. The average Bonchev–Trinajstić information content (AvgIpc) is 3.04. The van der Waals surface area contributed by atoms with E-state index in [1.165, 1.54) is 30.4 Å². The van der Waals surface area contributed by atoms with Gasteiger partial charge in [-0.15, -0.1) is 12.4 Å². The fraction of sp³-hybridized carbons (Fsp3) is 0.684. The van der Waals surface area contributed by atoms with Crippen LogP contribution in [-0.2, 0) is 11.2 Å². The van der Waals surface area contributed by atoms with E-state index in [9.17, 15) is 0 Å². The Morgan fingerprint density at radius 2 is 2.21 bits per heavy atom. The molecule has 1 heterocycles. The Kier molecular flexibility index (Phi) is 7.82. The number of benzene rings is 1. The van der Waals surface area contributed by atoms with E-state index in [2.05, 4.69) is 35.8 Å². The van der Waals surface area contributed by atoms with Gasteiger partial charge in [-0.05, 0) is 50.3 Å². The van der Waals surface area contributed by atoms with Crippen molar-refractivity contribution in [2.24, 2.45) is 5.92 Å². The van der Waals surface area contributed by atoms with Gasteiger partial charge in [0.1, 0.15) is 5.75 Å². The summed E-state index contributed by atoms with van der Waals surface area (Å²) in [5.41, 5.74) is 2.59. The molecule has 1 aliphatic heterocycles. The number of ether oxygens (including phenoxy) is 2. The largest absolute Gasteiger partial charge is 0.496 e. The number of hydrogen-bond donors (Lipinski definition) is 2. The lowest BCUT2D eigenvalue weighted by Gasteiger charge is -2.33. The van der Waals surface area contributed by atoms with Crippen molar-refractivity contribution in [1.29, 1.82) is 0 Å². The summed E-state index contributed by atoms with van der Waals surface area (Å²) < 4.78 is 11.1. The molecule has 3 rings (SSSR count). The van der Waals surface area contributed by atoms with Gasteiger partial charge in [0, 0.05) is 18.6 Å². The lowest BCUT2D eigenvalue weighted by molar-refractivity contribution is 0.0526. The van der Waals surface area contributed by atoms with Crippen LogP contribution < -0.4 is 15.4 Å². The second kappa shape index (κ2) is 9.62. The molecule has 0 spiro atoms. The maximum absolute atomic E-state index is 5.65. The topological polar surface area (TPSA) is 42.5 Å². The van der Waals surface area contributed by atoms with Crippen LogP contribution in [0.15, 0.2) is 18.2 Å². The number of rotatable bonds is 6. The molecule has 136 valence electrons. The molecule has 1 aliphatic carbocycles. The van der Waals surface area contributed by atoms with Gasteiger partial charge in [0.15, 0.2) is 0 Å². The third kappa shape index (κ3) is 4.85. The van der Waals surface area contributed by atoms with Crippen molar-refractivity contribution in [3.05, 3.63) is 29.3 Å². The van der Waals surface area contributed by atoms with Gasteiger partial charge < -0.3 is 20.1 Å². The third-order valence-corrected chi connectivity index (χ3v) is 5.27. The van der Waals surface area contributed by atoms with Crippen LogP contribution in [0.2, 0.25) is 0 Å². The van der Waals surface area contributed by atoms with E-state index < -0.39 is 0 Å². The first-order valence-corrected chi connectivity index (χ1v) is 8.96. The summed E-state index contributed by atoms with van der Waals surface area (Å²) in [6, 6.07) is 7.56. The van der Waals surface area contributed by atoms with Gasteiger partial charge in [0.05, 0.1) is 20.3 Å². The predicted molar refractivity (Wildman–Crippen MR) is 100 cm³/mol. The van der Waals surface area contributed by atoms with Gasteiger partial charge in [0.25, 0.3) is 0 Å². The molecule has 24 heavy (non-hydrogen) atoms. The van der Waals surface area contributed by atoms with Crippen molar-refractivity contribution in [3.63, 3.8) is 0 Å². The second-order valence-electron chi connectivity index (χ2n) is 6.86. The van der Waals surface area contributed by atoms with Gasteiger partial charge in [0.2, 0.25) is 0 Å². The van der Waals surface area contributed by atoms with E-state index in [4.69, 9.17) is 9.47 Å². The van der Waals surface area contributed by atoms with E-state index in [1.54, 1.807) is 7.11 Å². The van der Waals surface area contributed by atoms with Gasteiger partial charge in [-0.25, -0.2) is 0 Å². The van der Waals surface area contributed by atoms with Crippen LogP contribution in [0.3, 0.4) is 0 Å². The van der Waals surface area contributed by atoms with Crippen molar-refractivity contribution < 1.29 is 9.47 Å². The summed E-state index contributed by atoms with van der Waals surface area (Å²) in [7, 11) is 1.75. The number of morpholine rings is 1. The van der Waals surface area contributed by atoms with Crippen molar-refractivity contribution in [3.8, 4) is 5.75 Å². The molecule has 2 N–H and O–H groups in total. The Morgan fingerprint density at radius 3 is 2.96 bits per heavy atom. The summed E-state index contributed by atoms with van der Waals surface area (Å²) >= 11 is 0. The molecule has 1 aromatic carbocycles. The van der Waals surface area contributed by atoms with Crippen molar-refractivity contribution >= 4 is 12.4 Å². The standard InChI is InChI=1S/C19H30N2O2.ClH/c1-14-6-7-19(22-2)15(12-14)8-9-20-17-5-3-4-16(17)18-13-23-11-10-21-18;/h6-7,12,16-18,20-21H,3-5,8-11,13H2,1-2H3;1H. The number of nitrogens with one attached hydrogen (secondary N) is 2. The maximum atomic E-state index is 5.65. The second-order valence-corrected chi connectivity index (χ2v) is 6.86. The Balaban J connectivity index is 0.00000208. The maximum Gasteiger partial charge on any atom is 0.122 e.